The largest absolute Gasteiger partial charge is 0.480 e. The maximum atomic E-state index is 12.0. The Bertz CT molecular complexity index is 384. The number of carboxylic acid groups (broad SMARTS) is 1. The van der Waals surface area contributed by atoms with E-state index in [-0.39, 0.29) is 19.1 Å². The van der Waals surface area contributed by atoms with E-state index in [2.05, 4.69) is 10.1 Å². The molecule has 2 unspecified atom stereocenters. The van der Waals surface area contributed by atoms with Crippen LogP contribution in [-0.2, 0) is 19.1 Å². The van der Waals surface area contributed by atoms with Gasteiger partial charge in [0.1, 0.15) is 6.04 Å². The van der Waals surface area contributed by atoms with Crippen molar-refractivity contribution in [3.05, 3.63) is 0 Å². The van der Waals surface area contributed by atoms with Crippen LogP contribution in [0.1, 0.15) is 13.8 Å². The van der Waals surface area contributed by atoms with Crippen molar-refractivity contribution in [1.82, 2.24) is 10.2 Å². The summed E-state index contributed by atoms with van der Waals surface area (Å²) in [5, 5.41) is 11.5. The number of aliphatic carboxylic acids is 1. The molecule has 0 saturated carbocycles. The van der Waals surface area contributed by atoms with Crippen LogP contribution in [0.5, 0.6) is 0 Å². The Morgan fingerprint density at radius 1 is 1.40 bits per heavy atom. The first kappa shape index (κ1) is 16.2. The number of rotatable bonds is 4. The summed E-state index contributed by atoms with van der Waals surface area (Å²) in [5.74, 6) is -1.89. The Labute approximate surface area is 117 Å². The molecule has 1 fully saturated rings. The Balaban J connectivity index is 2.62. The number of nitrogens with one attached hydrogen (secondary N) is 1. The number of carboxylic acids is 1. The van der Waals surface area contributed by atoms with Crippen molar-refractivity contribution in [3.63, 3.8) is 0 Å². The smallest absolute Gasteiger partial charge is 0.336 e. The van der Waals surface area contributed by atoms with Gasteiger partial charge in [-0.25, -0.2) is 14.4 Å². The molecule has 8 nitrogen and oxygen atoms in total. The van der Waals surface area contributed by atoms with E-state index >= 15 is 0 Å². The highest BCUT2D eigenvalue weighted by molar-refractivity contribution is 5.83. The molecule has 1 saturated heterocycles. The van der Waals surface area contributed by atoms with Crippen molar-refractivity contribution in [2.45, 2.75) is 26.0 Å². The van der Waals surface area contributed by atoms with Gasteiger partial charge in [-0.3, -0.25) is 0 Å². The van der Waals surface area contributed by atoms with Crippen molar-refractivity contribution in [3.8, 4) is 0 Å². The van der Waals surface area contributed by atoms with Crippen molar-refractivity contribution in [2.75, 3.05) is 26.8 Å². The van der Waals surface area contributed by atoms with Crippen molar-refractivity contribution >= 4 is 18.0 Å². The van der Waals surface area contributed by atoms with Crippen molar-refractivity contribution in [1.29, 1.82) is 0 Å². The molecule has 1 rings (SSSR count). The zero-order valence-electron chi connectivity index (χ0n) is 11.8. The zero-order chi connectivity index (χ0) is 15.3. The molecule has 0 aromatic heterocycles. The number of hydrogen-bond acceptors (Lipinski definition) is 5. The van der Waals surface area contributed by atoms with Crippen LogP contribution in [0.4, 0.5) is 4.79 Å². The van der Waals surface area contributed by atoms with Gasteiger partial charge in [-0.1, -0.05) is 13.8 Å². The fourth-order valence-corrected chi connectivity index (χ4v) is 1.85. The Morgan fingerprint density at radius 2 is 2.05 bits per heavy atom. The summed E-state index contributed by atoms with van der Waals surface area (Å²) < 4.78 is 9.76. The second kappa shape index (κ2) is 7.09. The molecule has 114 valence electrons. The Hall–Kier alpha value is -1.83. The van der Waals surface area contributed by atoms with E-state index in [9.17, 15) is 14.4 Å². The van der Waals surface area contributed by atoms with Crippen molar-refractivity contribution < 1.29 is 29.0 Å². The number of urea groups is 1. The molecule has 1 heterocycles. The molecular formula is C12H20N2O6. The van der Waals surface area contributed by atoms with Gasteiger partial charge in [-0.15, -0.1) is 0 Å². The number of carbonyl (C=O) groups is 3. The van der Waals surface area contributed by atoms with Gasteiger partial charge in [0, 0.05) is 6.54 Å². The number of amides is 2. The SMILES string of the molecule is COC(=O)C1CN(C(=O)NC(C(=O)O)C(C)C)CCO1. The van der Waals surface area contributed by atoms with E-state index in [0.29, 0.717) is 6.54 Å². The van der Waals surface area contributed by atoms with E-state index in [4.69, 9.17) is 9.84 Å². The predicted molar refractivity (Wildman–Crippen MR) is 68.1 cm³/mol. The predicted octanol–water partition coefficient (Wildman–Crippen LogP) is -0.321. The second-order valence-corrected chi connectivity index (χ2v) is 4.84. The number of carbonyl (C=O) groups excluding carboxylic acids is 2. The number of methoxy groups -OCH3 is 1. The lowest BCUT2D eigenvalue weighted by Crippen LogP contribution is -2.55. The molecule has 0 aromatic rings. The van der Waals surface area contributed by atoms with Crippen LogP contribution in [-0.4, -0.2) is 66.9 Å². The van der Waals surface area contributed by atoms with E-state index < -0.39 is 30.1 Å². The summed E-state index contributed by atoms with van der Waals surface area (Å²) in [4.78, 5) is 35.8. The van der Waals surface area contributed by atoms with Crippen LogP contribution in [0.15, 0.2) is 0 Å². The first-order valence-electron chi connectivity index (χ1n) is 6.34. The topological polar surface area (TPSA) is 105 Å². The lowest BCUT2D eigenvalue weighted by atomic mass is 10.1. The number of morpholine rings is 1. The summed E-state index contributed by atoms with van der Waals surface area (Å²) in [6.07, 6.45) is -0.832. The molecule has 1 aliphatic heterocycles. The van der Waals surface area contributed by atoms with Gasteiger partial charge in [0.25, 0.3) is 0 Å². The van der Waals surface area contributed by atoms with E-state index in [0.717, 1.165) is 0 Å². The summed E-state index contributed by atoms with van der Waals surface area (Å²) in [6, 6.07) is -1.50. The minimum atomic E-state index is -1.09. The third-order valence-corrected chi connectivity index (χ3v) is 3.03. The molecule has 0 bridgehead atoms. The van der Waals surface area contributed by atoms with Gasteiger partial charge < -0.3 is 24.8 Å². The third-order valence-electron chi connectivity index (χ3n) is 3.03. The molecule has 2 atom stereocenters. The average molecular weight is 288 g/mol. The van der Waals surface area contributed by atoms with E-state index in [1.54, 1.807) is 13.8 Å². The van der Waals surface area contributed by atoms with Crippen LogP contribution in [0, 0.1) is 5.92 Å². The fourth-order valence-electron chi connectivity index (χ4n) is 1.85. The highest BCUT2D eigenvalue weighted by atomic mass is 16.6. The van der Waals surface area contributed by atoms with Gasteiger partial charge in [-0.05, 0) is 5.92 Å². The summed E-state index contributed by atoms with van der Waals surface area (Å²) in [5.41, 5.74) is 0. The minimum absolute atomic E-state index is 0.0446. The monoisotopic (exact) mass is 288 g/mol. The average Bonchev–Trinajstić information content (AvgIpc) is 2.42. The highest BCUT2D eigenvalue weighted by Gasteiger charge is 2.32. The number of ether oxygens (including phenoxy) is 2. The number of hydrogen-bond donors (Lipinski definition) is 2. The number of nitrogens with zero attached hydrogens (tertiary/aromatic N) is 1. The maximum absolute atomic E-state index is 12.0. The standard InChI is InChI=1S/C12H20N2O6/c1-7(2)9(10(15)16)13-12(18)14-4-5-20-8(6-14)11(17)19-3/h7-9H,4-6H2,1-3H3,(H,13,18)(H,15,16). The molecule has 0 aliphatic carbocycles. The maximum Gasteiger partial charge on any atom is 0.336 e. The Kier molecular flexibility index (Phi) is 5.75. The first-order valence-corrected chi connectivity index (χ1v) is 6.34. The number of esters is 1. The Morgan fingerprint density at radius 3 is 2.55 bits per heavy atom. The van der Waals surface area contributed by atoms with Gasteiger partial charge in [-0.2, -0.15) is 0 Å². The lowest BCUT2D eigenvalue weighted by molar-refractivity contribution is -0.158. The van der Waals surface area contributed by atoms with Gasteiger partial charge in [0.05, 0.1) is 20.3 Å². The molecule has 2 N–H and O–H groups in total. The molecule has 20 heavy (non-hydrogen) atoms. The first-order chi connectivity index (χ1) is 9.36. The highest BCUT2D eigenvalue weighted by Crippen LogP contribution is 2.09. The molecule has 8 heteroatoms. The van der Waals surface area contributed by atoms with Crippen LogP contribution in [0.3, 0.4) is 0 Å². The second-order valence-electron chi connectivity index (χ2n) is 4.84. The van der Waals surface area contributed by atoms with Crippen LogP contribution < -0.4 is 5.32 Å². The van der Waals surface area contributed by atoms with E-state index in [1.165, 1.54) is 12.0 Å². The van der Waals surface area contributed by atoms with E-state index in [1.807, 2.05) is 0 Å². The normalized spacial score (nSPS) is 20.4. The van der Waals surface area contributed by atoms with Gasteiger partial charge in [0.15, 0.2) is 6.10 Å². The lowest BCUT2D eigenvalue weighted by Gasteiger charge is -2.32. The van der Waals surface area contributed by atoms with Crippen molar-refractivity contribution in [2.24, 2.45) is 5.92 Å². The summed E-state index contributed by atoms with van der Waals surface area (Å²) >= 11 is 0. The van der Waals surface area contributed by atoms with Crippen LogP contribution in [0.25, 0.3) is 0 Å². The molecule has 1 aliphatic rings. The molecule has 0 radical (unpaired) electrons. The molecule has 0 spiro atoms. The molecular weight excluding hydrogens is 268 g/mol. The van der Waals surface area contributed by atoms with Gasteiger partial charge in [0.2, 0.25) is 0 Å². The molecule has 2 amide bonds. The fraction of sp³-hybridized carbons (Fsp3) is 0.750. The summed E-state index contributed by atoms with van der Waals surface area (Å²) in [6.45, 7) is 3.95. The quantitative estimate of drug-likeness (QED) is 0.687. The minimum Gasteiger partial charge on any atom is -0.480 e. The molecule has 0 aromatic carbocycles. The zero-order valence-corrected chi connectivity index (χ0v) is 11.8. The van der Waals surface area contributed by atoms with Gasteiger partial charge >= 0.3 is 18.0 Å². The van der Waals surface area contributed by atoms with Crippen LogP contribution in [0.2, 0.25) is 0 Å². The third kappa shape index (κ3) is 4.09. The summed E-state index contributed by atoms with van der Waals surface area (Å²) in [7, 11) is 1.24. The van der Waals surface area contributed by atoms with Crippen LogP contribution >= 0.6 is 0 Å².